The van der Waals surface area contributed by atoms with Gasteiger partial charge < -0.3 is 23.7 Å². The third-order valence-electron chi connectivity index (χ3n) is 5.51. The number of carbonyl (C=O) groups excluding carboxylic acids is 1. The molecule has 2 aromatic rings. The van der Waals surface area contributed by atoms with Gasteiger partial charge in [0.15, 0.2) is 0 Å². The number of halogens is 6. The van der Waals surface area contributed by atoms with E-state index in [0.717, 1.165) is 56.7 Å². The Kier molecular flexibility index (Phi) is 9.88. The first-order valence-electron chi connectivity index (χ1n) is 11.9. The van der Waals surface area contributed by atoms with Crippen LogP contribution in [0.1, 0.15) is 36.5 Å². The Hall–Kier alpha value is -2.99. The van der Waals surface area contributed by atoms with Gasteiger partial charge in [0.1, 0.15) is 17.2 Å². The van der Waals surface area contributed by atoms with Crippen LogP contribution in [-0.2, 0) is 9.47 Å². The van der Waals surface area contributed by atoms with E-state index in [9.17, 15) is 31.1 Å². The number of hydrogen-bond acceptors (Lipinski definition) is 6. The lowest BCUT2D eigenvalue weighted by atomic mass is 9.90. The lowest BCUT2D eigenvalue weighted by Gasteiger charge is -2.37. The minimum Gasteiger partial charge on any atom is -0.494 e. The van der Waals surface area contributed by atoms with E-state index in [0.29, 0.717) is 25.6 Å². The monoisotopic (exact) mass is 550 g/mol. The van der Waals surface area contributed by atoms with Gasteiger partial charge in [-0.1, -0.05) is 6.92 Å². The van der Waals surface area contributed by atoms with E-state index >= 15 is 0 Å². The van der Waals surface area contributed by atoms with Gasteiger partial charge in [0.05, 0.1) is 32.0 Å². The van der Waals surface area contributed by atoms with E-state index in [1.165, 1.54) is 12.1 Å². The zero-order valence-electron chi connectivity index (χ0n) is 20.6. The zero-order chi connectivity index (χ0) is 27.8. The fraction of sp³-hybridized carbons (Fsp3) is 0.500. The molecule has 2 aromatic carbocycles. The normalized spacial score (nSPS) is 15.9. The second-order valence-electron chi connectivity index (χ2n) is 9.22. The molecule has 1 heterocycles. The summed E-state index contributed by atoms with van der Waals surface area (Å²) in [5.41, 5.74) is 0.322. The Morgan fingerprint density at radius 2 is 1.47 bits per heavy atom. The smallest absolute Gasteiger partial charge is 0.439 e. The predicted molar refractivity (Wildman–Crippen MR) is 123 cm³/mol. The van der Waals surface area contributed by atoms with Crippen LogP contribution in [0.15, 0.2) is 48.5 Å². The maximum atomic E-state index is 13.4. The van der Waals surface area contributed by atoms with Gasteiger partial charge in [0, 0.05) is 12.0 Å². The molecule has 0 bridgehead atoms. The van der Waals surface area contributed by atoms with Crippen LogP contribution >= 0.6 is 0 Å². The number of alkyl halides is 6. The second-order valence-corrected chi connectivity index (χ2v) is 9.22. The van der Waals surface area contributed by atoms with Crippen LogP contribution in [0.25, 0.3) is 0 Å². The first kappa shape index (κ1) is 29.6. The van der Waals surface area contributed by atoms with Gasteiger partial charge in [-0.25, -0.2) is 9.18 Å². The minimum atomic E-state index is -5.79. The average Bonchev–Trinajstić information content (AvgIpc) is 2.85. The van der Waals surface area contributed by atoms with Crippen molar-refractivity contribution >= 4 is 5.97 Å². The highest BCUT2D eigenvalue weighted by Crippen LogP contribution is 2.37. The Morgan fingerprint density at radius 1 is 0.895 bits per heavy atom. The van der Waals surface area contributed by atoms with Crippen molar-refractivity contribution in [2.45, 2.75) is 44.6 Å². The molecule has 3 rings (SSSR count). The summed E-state index contributed by atoms with van der Waals surface area (Å²) in [4.78, 5) is 12.3. The molecule has 6 nitrogen and oxygen atoms in total. The molecule has 0 saturated carbocycles. The second kappa shape index (κ2) is 12.7. The van der Waals surface area contributed by atoms with Crippen LogP contribution < -0.4 is 14.2 Å². The van der Waals surface area contributed by atoms with Crippen LogP contribution in [0.5, 0.6) is 17.2 Å². The lowest BCUT2D eigenvalue weighted by Crippen LogP contribution is -2.45. The van der Waals surface area contributed by atoms with Crippen molar-refractivity contribution < 1.29 is 54.8 Å². The maximum absolute atomic E-state index is 13.4. The molecular formula is C26H28F6O6. The fourth-order valence-electron chi connectivity index (χ4n) is 3.35. The summed E-state index contributed by atoms with van der Waals surface area (Å²) in [6.45, 7) is 5.49. The molecule has 1 saturated heterocycles. The molecule has 1 fully saturated rings. The topological polar surface area (TPSA) is 63.2 Å². The number of benzene rings is 2. The summed E-state index contributed by atoms with van der Waals surface area (Å²) >= 11 is 0. The minimum absolute atomic E-state index is 0.0854. The molecular weight excluding hydrogens is 522 g/mol. The van der Waals surface area contributed by atoms with E-state index < -0.39 is 30.2 Å². The molecule has 12 heteroatoms. The van der Waals surface area contributed by atoms with E-state index in [2.05, 4.69) is 11.7 Å². The van der Waals surface area contributed by atoms with Crippen LogP contribution in [-0.4, -0.2) is 57.5 Å². The lowest BCUT2D eigenvalue weighted by molar-refractivity contribution is -0.305. The molecule has 38 heavy (non-hydrogen) atoms. The molecule has 210 valence electrons. The molecule has 1 aliphatic heterocycles. The van der Waals surface area contributed by atoms with E-state index in [1.807, 2.05) is 0 Å². The Labute approximate surface area is 215 Å². The number of ether oxygens (including phenoxy) is 5. The number of esters is 1. The Morgan fingerprint density at radius 3 is 2.05 bits per heavy atom. The van der Waals surface area contributed by atoms with Crippen molar-refractivity contribution in [1.29, 1.82) is 0 Å². The average molecular weight is 550 g/mol. The highest BCUT2D eigenvalue weighted by Gasteiger charge is 2.59. The summed E-state index contributed by atoms with van der Waals surface area (Å²) in [6, 6.07) is 9.84. The number of unbranched alkanes of at least 4 members (excludes halogenated alkanes) is 2. The van der Waals surface area contributed by atoms with Gasteiger partial charge >= 0.3 is 18.3 Å². The highest BCUT2D eigenvalue weighted by atomic mass is 19.4. The van der Waals surface area contributed by atoms with E-state index in [4.69, 9.17) is 18.9 Å². The van der Waals surface area contributed by atoms with Gasteiger partial charge in [-0.2, -0.15) is 22.0 Å². The molecule has 0 amide bonds. The molecule has 1 atom stereocenters. The zero-order valence-corrected chi connectivity index (χ0v) is 20.6. The van der Waals surface area contributed by atoms with Crippen molar-refractivity contribution in [2.24, 2.45) is 5.41 Å². The van der Waals surface area contributed by atoms with E-state index in [-0.39, 0.29) is 16.7 Å². The van der Waals surface area contributed by atoms with Crippen molar-refractivity contribution in [3.05, 3.63) is 54.1 Å². The van der Waals surface area contributed by atoms with Gasteiger partial charge in [0.2, 0.25) is 0 Å². The van der Waals surface area contributed by atoms with Gasteiger partial charge in [-0.15, -0.1) is 0 Å². The standard InChI is InChI=1S/C26H28F6O6/c1-24(16-35-17-24)15-34-13-3-2-4-14-36-19-7-5-18(6-8-19)22(33)37-20-9-11-21(12-10-20)38-26(31,32)23(27)25(28,29)30/h5-12,23H,2-4,13-17H2,1H3. The molecule has 0 aliphatic carbocycles. The first-order chi connectivity index (χ1) is 17.9. The van der Waals surface area contributed by atoms with Crippen molar-refractivity contribution in [2.75, 3.05) is 33.0 Å². The summed E-state index contributed by atoms with van der Waals surface area (Å²) in [7, 11) is 0. The number of rotatable bonds is 14. The van der Waals surface area contributed by atoms with E-state index in [1.54, 1.807) is 12.1 Å². The largest absolute Gasteiger partial charge is 0.494 e. The molecule has 1 aliphatic rings. The van der Waals surface area contributed by atoms with Gasteiger partial charge in [-0.3, -0.25) is 0 Å². The third-order valence-corrected chi connectivity index (χ3v) is 5.51. The Bertz CT molecular complexity index is 1020. The van der Waals surface area contributed by atoms with Gasteiger partial charge in [-0.05, 0) is 67.8 Å². The highest BCUT2D eigenvalue weighted by molar-refractivity contribution is 5.91. The SMILES string of the molecule is CC1(COCCCCCOc2ccc(C(=O)Oc3ccc(OC(F)(F)C(F)C(F)(F)F)cc3)cc2)COC1. The molecule has 0 radical (unpaired) electrons. The molecule has 0 spiro atoms. The predicted octanol–water partition coefficient (Wildman–Crippen LogP) is 6.38. The summed E-state index contributed by atoms with van der Waals surface area (Å²) in [5.74, 6) is -1.03. The summed E-state index contributed by atoms with van der Waals surface area (Å²) in [6.07, 6.45) is -12.7. The van der Waals surface area contributed by atoms with Crippen LogP contribution in [0.2, 0.25) is 0 Å². The fourth-order valence-corrected chi connectivity index (χ4v) is 3.35. The molecule has 0 N–H and O–H groups in total. The van der Waals surface area contributed by atoms with Crippen molar-refractivity contribution in [3.63, 3.8) is 0 Å². The summed E-state index contributed by atoms with van der Waals surface area (Å²) < 4.78 is 102. The van der Waals surface area contributed by atoms with Crippen LogP contribution in [0, 0.1) is 5.41 Å². The maximum Gasteiger partial charge on any atom is 0.439 e. The third kappa shape index (κ3) is 8.80. The quantitative estimate of drug-likeness (QED) is 0.118. The van der Waals surface area contributed by atoms with Crippen molar-refractivity contribution in [1.82, 2.24) is 0 Å². The van der Waals surface area contributed by atoms with Gasteiger partial charge in [0.25, 0.3) is 6.17 Å². The molecule has 1 unspecified atom stereocenters. The van der Waals surface area contributed by atoms with Crippen molar-refractivity contribution in [3.8, 4) is 17.2 Å². The Balaban J connectivity index is 1.36. The summed E-state index contributed by atoms with van der Waals surface area (Å²) in [5, 5.41) is 0. The molecule has 0 aromatic heterocycles. The first-order valence-corrected chi connectivity index (χ1v) is 11.9. The van der Waals surface area contributed by atoms with Crippen LogP contribution in [0.3, 0.4) is 0 Å². The number of hydrogen-bond donors (Lipinski definition) is 0. The van der Waals surface area contributed by atoms with Crippen LogP contribution in [0.4, 0.5) is 26.3 Å². The number of carbonyl (C=O) groups is 1.